The van der Waals surface area contributed by atoms with E-state index in [1.54, 1.807) is 11.3 Å². The molecule has 21 heavy (non-hydrogen) atoms. The number of carbonyl (C=O) groups excluding carboxylic acids is 1. The zero-order valence-corrected chi connectivity index (χ0v) is 13.7. The van der Waals surface area contributed by atoms with Crippen LogP contribution in [0.2, 0.25) is 0 Å². The first-order chi connectivity index (χ1) is 9.95. The first-order valence-corrected chi connectivity index (χ1v) is 8.24. The molecule has 0 saturated carbocycles. The van der Waals surface area contributed by atoms with Crippen LogP contribution in [-0.2, 0) is 11.8 Å². The maximum Gasteiger partial charge on any atom is 0.183 e. The lowest BCUT2D eigenvalue weighted by atomic mass is 9.90. The number of para-hydroxylation sites is 1. The number of Topliss-reactive ketones (excluding diaryl/α,β-unsaturated/α-hetero) is 1. The van der Waals surface area contributed by atoms with Gasteiger partial charge in [0.1, 0.15) is 9.88 Å². The van der Waals surface area contributed by atoms with Gasteiger partial charge in [-0.05, 0) is 23.7 Å². The molecule has 0 radical (unpaired) electrons. The third-order valence-electron chi connectivity index (χ3n) is 3.10. The summed E-state index contributed by atoms with van der Waals surface area (Å²) in [6.07, 6.45) is 0.312. The predicted molar refractivity (Wildman–Crippen MR) is 86.3 cm³/mol. The Kier molecular flexibility index (Phi) is 3.59. The van der Waals surface area contributed by atoms with Crippen LogP contribution < -0.4 is 0 Å². The minimum atomic E-state index is -0.175. The predicted octanol–water partition coefficient (Wildman–Crippen LogP) is 3.87. The van der Waals surface area contributed by atoms with Crippen LogP contribution in [0.4, 0.5) is 0 Å². The first-order valence-electron chi connectivity index (χ1n) is 6.65. The molecule has 3 aromatic rings. The Hall–Kier alpha value is -1.66. The molecule has 108 valence electrons. The SMILES string of the molecule is CC(C)(C)c1nnsc1C(=O)Cc1nc2ccccc2s1. The van der Waals surface area contributed by atoms with Crippen molar-refractivity contribution >= 4 is 38.9 Å². The maximum absolute atomic E-state index is 12.5. The van der Waals surface area contributed by atoms with Crippen molar-refractivity contribution in [3.63, 3.8) is 0 Å². The topological polar surface area (TPSA) is 55.7 Å². The summed E-state index contributed by atoms with van der Waals surface area (Å²) in [5.74, 6) is 0.0500. The van der Waals surface area contributed by atoms with E-state index in [1.807, 2.05) is 45.0 Å². The number of fused-ring (bicyclic) bond motifs is 1. The van der Waals surface area contributed by atoms with Gasteiger partial charge >= 0.3 is 0 Å². The van der Waals surface area contributed by atoms with Crippen molar-refractivity contribution in [2.75, 3.05) is 0 Å². The van der Waals surface area contributed by atoms with Crippen LogP contribution in [0, 0.1) is 0 Å². The van der Waals surface area contributed by atoms with Crippen molar-refractivity contribution in [3.8, 4) is 0 Å². The van der Waals surface area contributed by atoms with Crippen LogP contribution in [0.25, 0.3) is 10.2 Å². The number of carbonyl (C=O) groups is 1. The van der Waals surface area contributed by atoms with Gasteiger partial charge in [-0.3, -0.25) is 4.79 Å². The Morgan fingerprint density at radius 2 is 2.00 bits per heavy atom. The molecule has 2 aromatic heterocycles. The van der Waals surface area contributed by atoms with Gasteiger partial charge < -0.3 is 0 Å². The molecular formula is C15H15N3OS2. The molecule has 0 fully saturated rings. The molecular weight excluding hydrogens is 302 g/mol. The molecule has 0 aliphatic heterocycles. The lowest BCUT2D eigenvalue weighted by Gasteiger charge is -2.15. The molecule has 2 heterocycles. The normalized spacial score (nSPS) is 12.0. The van der Waals surface area contributed by atoms with E-state index < -0.39 is 0 Å². The highest BCUT2D eigenvalue weighted by molar-refractivity contribution is 7.18. The molecule has 0 aliphatic rings. The summed E-state index contributed by atoms with van der Waals surface area (Å²) in [5, 5.41) is 4.97. The zero-order chi connectivity index (χ0) is 15.0. The molecule has 0 atom stereocenters. The molecule has 0 amide bonds. The number of aromatic nitrogens is 3. The van der Waals surface area contributed by atoms with Gasteiger partial charge in [0.05, 0.1) is 22.3 Å². The van der Waals surface area contributed by atoms with Gasteiger partial charge in [0, 0.05) is 5.41 Å². The van der Waals surface area contributed by atoms with E-state index in [2.05, 4.69) is 14.6 Å². The number of nitrogens with zero attached hydrogens (tertiary/aromatic N) is 3. The maximum atomic E-state index is 12.5. The van der Waals surface area contributed by atoms with Crippen molar-refractivity contribution in [1.82, 2.24) is 14.6 Å². The van der Waals surface area contributed by atoms with Gasteiger partial charge in [-0.25, -0.2) is 4.98 Å². The third kappa shape index (κ3) is 2.87. The fourth-order valence-corrected chi connectivity index (χ4v) is 3.85. The second kappa shape index (κ2) is 5.27. The lowest BCUT2D eigenvalue weighted by Crippen LogP contribution is -2.17. The van der Waals surface area contributed by atoms with E-state index in [-0.39, 0.29) is 11.2 Å². The Labute approximate surface area is 131 Å². The third-order valence-corrected chi connectivity index (χ3v) is 4.90. The highest BCUT2D eigenvalue weighted by Gasteiger charge is 2.26. The van der Waals surface area contributed by atoms with Crippen LogP contribution >= 0.6 is 22.9 Å². The largest absolute Gasteiger partial charge is 0.293 e. The van der Waals surface area contributed by atoms with Crippen molar-refractivity contribution in [2.45, 2.75) is 32.6 Å². The molecule has 0 aliphatic carbocycles. The number of rotatable bonds is 3. The molecule has 0 unspecified atom stereocenters. The van der Waals surface area contributed by atoms with Gasteiger partial charge in [0.15, 0.2) is 5.78 Å². The van der Waals surface area contributed by atoms with Gasteiger partial charge in [-0.2, -0.15) is 0 Å². The Morgan fingerprint density at radius 1 is 1.24 bits per heavy atom. The summed E-state index contributed by atoms with van der Waals surface area (Å²) in [6, 6.07) is 7.93. The number of benzene rings is 1. The lowest BCUT2D eigenvalue weighted by molar-refractivity contribution is 0.0994. The Bertz CT molecular complexity index is 765. The van der Waals surface area contributed by atoms with E-state index in [9.17, 15) is 4.79 Å². The van der Waals surface area contributed by atoms with Gasteiger partial charge in [-0.15, -0.1) is 16.4 Å². The molecule has 0 spiro atoms. The van der Waals surface area contributed by atoms with Gasteiger partial charge in [-0.1, -0.05) is 37.4 Å². The minimum absolute atomic E-state index is 0.0500. The average molecular weight is 317 g/mol. The van der Waals surface area contributed by atoms with Crippen LogP contribution in [-0.4, -0.2) is 20.4 Å². The summed E-state index contributed by atoms with van der Waals surface area (Å²) >= 11 is 2.74. The number of ketones is 1. The zero-order valence-electron chi connectivity index (χ0n) is 12.1. The average Bonchev–Trinajstić information content (AvgIpc) is 3.03. The van der Waals surface area contributed by atoms with E-state index in [1.165, 1.54) is 11.5 Å². The fraction of sp³-hybridized carbons (Fsp3) is 0.333. The molecule has 0 bridgehead atoms. The number of thiazole rings is 1. The fourth-order valence-electron chi connectivity index (χ4n) is 2.08. The molecule has 0 saturated heterocycles. The summed E-state index contributed by atoms with van der Waals surface area (Å²) in [7, 11) is 0. The monoisotopic (exact) mass is 317 g/mol. The highest BCUT2D eigenvalue weighted by atomic mass is 32.1. The van der Waals surface area contributed by atoms with Crippen molar-refractivity contribution < 1.29 is 4.79 Å². The molecule has 4 nitrogen and oxygen atoms in total. The van der Waals surface area contributed by atoms with Crippen LogP contribution in [0.5, 0.6) is 0 Å². The second-order valence-electron chi connectivity index (χ2n) is 5.88. The van der Waals surface area contributed by atoms with E-state index >= 15 is 0 Å². The quantitative estimate of drug-likeness (QED) is 0.688. The molecule has 1 aromatic carbocycles. The van der Waals surface area contributed by atoms with Crippen molar-refractivity contribution in [1.29, 1.82) is 0 Å². The Balaban J connectivity index is 1.88. The first kappa shape index (κ1) is 14.3. The van der Waals surface area contributed by atoms with E-state index in [4.69, 9.17) is 0 Å². The summed E-state index contributed by atoms with van der Waals surface area (Å²) < 4.78 is 5.06. The van der Waals surface area contributed by atoms with E-state index in [0.717, 1.165) is 20.9 Å². The van der Waals surface area contributed by atoms with Crippen molar-refractivity contribution in [3.05, 3.63) is 39.8 Å². The molecule has 0 N–H and O–H groups in total. The smallest absolute Gasteiger partial charge is 0.183 e. The highest BCUT2D eigenvalue weighted by Crippen LogP contribution is 2.28. The van der Waals surface area contributed by atoms with Crippen LogP contribution in [0.15, 0.2) is 24.3 Å². The van der Waals surface area contributed by atoms with E-state index in [0.29, 0.717) is 11.3 Å². The standard InChI is InChI=1S/C15H15N3OS2/c1-15(2,3)14-13(21-18-17-14)10(19)8-12-16-9-6-4-5-7-11(9)20-12/h4-7H,8H2,1-3H3. The van der Waals surface area contributed by atoms with Crippen LogP contribution in [0.3, 0.4) is 0 Å². The second-order valence-corrected chi connectivity index (χ2v) is 7.75. The van der Waals surface area contributed by atoms with Gasteiger partial charge in [0.2, 0.25) is 0 Å². The summed E-state index contributed by atoms with van der Waals surface area (Å²) in [6.45, 7) is 6.12. The van der Waals surface area contributed by atoms with Gasteiger partial charge in [0.25, 0.3) is 0 Å². The molecule has 6 heteroatoms. The number of hydrogen-bond acceptors (Lipinski definition) is 6. The summed E-state index contributed by atoms with van der Waals surface area (Å²) in [4.78, 5) is 17.7. The minimum Gasteiger partial charge on any atom is -0.293 e. The van der Waals surface area contributed by atoms with Crippen molar-refractivity contribution in [2.24, 2.45) is 0 Å². The van der Waals surface area contributed by atoms with Crippen LogP contribution in [0.1, 0.15) is 41.1 Å². The Morgan fingerprint density at radius 3 is 2.71 bits per heavy atom. The summed E-state index contributed by atoms with van der Waals surface area (Å²) in [5.41, 5.74) is 1.55. The number of hydrogen-bond donors (Lipinski definition) is 0. The molecule has 3 rings (SSSR count).